The summed E-state index contributed by atoms with van der Waals surface area (Å²) in [6, 6.07) is 21.8. The molecule has 6 nitrogen and oxygen atoms in total. The topological polar surface area (TPSA) is 60.7 Å². The fraction of sp³-hybridized carbons (Fsp3) is 0.296. The lowest BCUT2D eigenvalue weighted by Crippen LogP contribution is -2.52. The first-order valence-corrected chi connectivity index (χ1v) is 11.7. The molecule has 1 saturated heterocycles. The largest absolute Gasteiger partial charge is 0.506 e. The van der Waals surface area contributed by atoms with Crippen LogP contribution in [0.5, 0.6) is 5.75 Å². The summed E-state index contributed by atoms with van der Waals surface area (Å²) >= 11 is 0. The van der Waals surface area contributed by atoms with Crippen LogP contribution in [0.4, 0.5) is 11.4 Å². The third kappa shape index (κ3) is 3.91. The van der Waals surface area contributed by atoms with E-state index in [0.717, 1.165) is 49.5 Å². The molecule has 1 atom stereocenters. The van der Waals surface area contributed by atoms with E-state index >= 15 is 0 Å². The Hall–Kier alpha value is -3.51. The van der Waals surface area contributed by atoms with Crippen molar-refractivity contribution in [1.29, 1.82) is 0 Å². The number of fused-ring (bicyclic) bond motifs is 3. The van der Waals surface area contributed by atoms with Crippen molar-refractivity contribution in [3.05, 3.63) is 66.7 Å². The molecule has 6 heteroatoms. The van der Waals surface area contributed by atoms with Crippen LogP contribution in [-0.2, 0) is 11.3 Å². The van der Waals surface area contributed by atoms with Crippen molar-refractivity contribution in [1.82, 2.24) is 9.47 Å². The number of piperazine rings is 1. The van der Waals surface area contributed by atoms with Crippen LogP contribution in [0.15, 0.2) is 66.7 Å². The molecule has 2 heterocycles. The first-order chi connectivity index (χ1) is 16.1. The summed E-state index contributed by atoms with van der Waals surface area (Å²) in [7, 11) is 0. The Morgan fingerprint density at radius 1 is 0.939 bits per heavy atom. The van der Waals surface area contributed by atoms with E-state index in [-0.39, 0.29) is 11.9 Å². The Balaban J connectivity index is 1.29. The monoisotopic (exact) mass is 442 g/mol. The lowest BCUT2D eigenvalue weighted by atomic mass is 10.1. The molecule has 3 aromatic carbocycles. The van der Waals surface area contributed by atoms with Crippen LogP contribution < -0.4 is 10.2 Å². The second-order valence-corrected chi connectivity index (χ2v) is 8.67. The summed E-state index contributed by atoms with van der Waals surface area (Å²) in [5.41, 5.74) is 4.08. The zero-order valence-electron chi connectivity index (χ0n) is 19.2. The molecule has 170 valence electrons. The Kier molecular flexibility index (Phi) is 5.68. The highest BCUT2D eigenvalue weighted by Gasteiger charge is 2.26. The molecule has 1 unspecified atom stereocenters. The summed E-state index contributed by atoms with van der Waals surface area (Å²) < 4.78 is 2.31. The van der Waals surface area contributed by atoms with Crippen LogP contribution in [0.3, 0.4) is 0 Å². The molecule has 1 aliphatic rings. The maximum atomic E-state index is 13.1. The number of phenols is 1. The van der Waals surface area contributed by atoms with Crippen LogP contribution in [-0.4, -0.2) is 52.7 Å². The fourth-order valence-electron chi connectivity index (χ4n) is 4.97. The standard InChI is InChI=1S/C27H30N4O2/c1-3-31-23-9-5-4-8-21(23)22-18-20(12-13-24(22)31)28-27(33)19(2)29-14-16-30(17-15-29)25-10-6-7-11-26(25)32/h4-13,18-19,32H,3,14-17H2,1-2H3,(H,28,33). The van der Waals surface area contributed by atoms with Crippen LogP contribution in [0.1, 0.15) is 13.8 Å². The van der Waals surface area contributed by atoms with E-state index in [1.54, 1.807) is 6.07 Å². The van der Waals surface area contributed by atoms with Gasteiger partial charge in [0.15, 0.2) is 0 Å². The quantitative estimate of drug-likeness (QED) is 0.472. The average molecular weight is 443 g/mol. The Morgan fingerprint density at radius 3 is 2.39 bits per heavy atom. The average Bonchev–Trinajstić information content (AvgIpc) is 3.17. The van der Waals surface area contributed by atoms with Crippen molar-refractivity contribution >= 4 is 39.1 Å². The summed E-state index contributed by atoms with van der Waals surface area (Å²) in [5.74, 6) is 0.307. The number of aromatic nitrogens is 1. The molecule has 33 heavy (non-hydrogen) atoms. The number of nitrogens with one attached hydrogen (secondary N) is 1. The van der Waals surface area contributed by atoms with Gasteiger partial charge in [-0.1, -0.05) is 30.3 Å². The second-order valence-electron chi connectivity index (χ2n) is 8.67. The smallest absolute Gasteiger partial charge is 0.241 e. The van der Waals surface area contributed by atoms with E-state index in [0.29, 0.717) is 5.75 Å². The molecule has 0 spiro atoms. The number of carbonyl (C=O) groups is 1. The minimum atomic E-state index is -0.232. The second kappa shape index (κ2) is 8.79. The Labute approximate surface area is 194 Å². The number of rotatable bonds is 5. The molecule has 0 radical (unpaired) electrons. The molecule has 0 saturated carbocycles. The van der Waals surface area contributed by atoms with Crippen molar-refractivity contribution in [3.63, 3.8) is 0 Å². The number of nitrogens with zero attached hydrogens (tertiary/aromatic N) is 3. The van der Waals surface area contributed by atoms with Gasteiger partial charge in [-0.3, -0.25) is 9.69 Å². The molecule has 1 amide bonds. The lowest BCUT2D eigenvalue weighted by molar-refractivity contribution is -0.120. The SMILES string of the molecule is CCn1c2ccccc2c2cc(NC(=O)C(C)N3CCN(c4ccccc4O)CC3)ccc21. The highest BCUT2D eigenvalue weighted by Crippen LogP contribution is 2.31. The first kappa shape index (κ1) is 21.3. The van der Waals surface area contributed by atoms with Gasteiger partial charge in [0, 0.05) is 60.2 Å². The van der Waals surface area contributed by atoms with Gasteiger partial charge in [-0.2, -0.15) is 0 Å². The Morgan fingerprint density at radius 2 is 1.64 bits per heavy atom. The molecule has 1 aromatic heterocycles. The molecule has 2 N–H and O–H groups in total. The summed E-state index contributed by atoms with van der Waals surface area (Å²) in [5, 5.41) is 15.6. The number of amides is 1. The third-order valence-electron chi connectivity index (χ3n) is 6.82. The molecule has 1 aliphatic heterocycles. The van der Waals surface area contributed by atoms with Gasteiger partial charge in [-0.25, -0.2) is 0 Å². The van der Waals surface area contributed by atoms with Crippen LogP contribution in [0.2, 0.25) is 0 Å². The normalized spacial score (nSPS) is 15.8. The lowest BCUT2D eigenvalue weighted by Gasteiger charge is -2.38. The highest BCUT2D eigenvalue weighted by molar-refractivity contribution is 6.10. The van der Waals surface area contributed by atoms with Gasteiger partial charge < -0.3 is 19.9 Å². The first-order valence-electron chi connectivity index (χ1n) is 11.7. The molecule has 4 aromatic rings. The van der Waals surface area contributed by atoms with Gasteiger partial charge in [0.2, 0.25) is 5.91 Å². The number of aromatic hydroxyl groups is 1. The van der Waals surface area contributed by atoms with Gasteiger partial charge in [0.1, 0.15) is 5.75 Å². The molecule has 1 fully saturated rings. The molecule has 0 aliphatic carbocycles. The highest BCUT2D eigenvalue weighted by atomic mass is 16.3. The number of hydrogen-bond acceptors (Lipinski definition) is 4. The van der Waals surface area contributed by atoms with Gasteiger partial charge in [0.25, 0.3) is 0 Å². The summed E-state index contributed by atoms with van der Waals surface area (Å²) in [6.45, 7) is 8.11. The summed E-state index contributed by atoms with van der Waals surface area (Å²) in [6.07, 6.45) is 0. The van der Waals surface area contributed by atoms with Crippen LogP contribution >= 0.6 is 0 Å². The van der Waals surface area contributed by atoms with Crippen molar-refractivity contribution in [3.8, 4) is 5.75 Å². The zero-order chi connectivity index (χ0) is 22.9. The van der Waals surface area contributed by atoms with Gasteiger partial charge in [-0.05, 0) is 50.2 Å². The van der Waals surface area contributed by atoms with Gasteiger partial charge in [-0.15, -0.1) is 0 Å². The number of phenolic OH excluding ortho intramolecular Hbond substituents is 1. The predicted molar refractivity (Wildman–Crippen MR) is 135 cm³/mol. The maximum Gasteiger partial charge on any atom is 0.241 e. The van der Waals surface area contributed by atoms with Crippen molar-refractivity contribution < 1.29 is 9.90 Å². The minimum absolute atomic E-state index is 0.00425. The maximum absolute atomic E-state index is 13.1. The summed E-state index contributed by atoms with van der Waals surface area (Å²) in [4.78, 5) is 17.4. The molecule has 0 bridgehead atoms. The number of aryl methyl sites for hydroxylation is 1. The molecule has 5 rings (SSSR count). The van der Waals surface area contributed by atoms with Crippen LogP contribution in [0.25, 0.3) is 21.8 Å². The number of hydrogen-bond donors (Lipinski definition) is 2. The van der Waals surface area contributed by atoms with Crippen molar-refractivity contribution in [2.75, 3.05) is 36.4 Å². The zero-order valence-corrected chi connectivity index (χ0v) is 19.2. The number of para-hydroxylation sites is 3. The van der Waals surface area contributed by atoms with Crippen molar-refractivity contribution in [2.45, 2.75) is 26.4 Å². The third-order valence-corrected chi connectivity index (χ3v) is 6.82. The minimum Gasteiger partial charge on any atom is -0.506 e. The fourth-order valence-corrected chi connectivity index (χ4v) is 4.97. The number of anilines is 2. The van der Waals surface area contributed by atoms with E-state index in [2.05, 4.69) is 63.0 Å². The molecular formula is C27H30N4O2. The van der Waals surface area contributed by atoms with Crippen molar-refractivity contribution in [2.24, 2.45) is 0 Å². The van der Waals surface area contributed by atoms with Gasteiger partial charge in [0.05, 0.1) is 11.7 Å². The number of carbonyl (C=O) groups excluding carboxylic acids is 1. The Bertz CT molecular complexity index is 1300. The van der Waals surface area contributed by atoms with Crippen LogP contribution in [0, 0.1) is 0 Å². The van der Waals surface area contributed by atoms with E-state index in [9.17, 15) is 9.90 Å². The number of benzene rings is 3. The predicted octanol–water partition coefficient (Wildman–Crippen LogP) is 4.67. The van der Waals surface area contributed by atoms with Gasteiger partial charge >= 0.3 is 0 Å². The van der Waals surface area contributed by atoms with E-state index in [1.807, 2.05) is 31.2 Å². The van der Waals surface area contributed by atoms with E-state index < -0.39 is 0 Å². The molecular weight excluding hydrogens is 412 g/mol. The van der Waals surface area contributed by atoms with E-state index in [1.165, 1.54) is 16.4 Å². The van der Waals surface area contributed by atoms with E-state index in [4.69, 9.17) is 0 Å².